The maximum Gasteiger partial charge on any atom is 0.150 e. The van der Waals surface area contributed by atoms with Gasteiger partial charge in [0.25, 0.3) is 0 Å². The van der Waals surface area contributed by atoms with Gasteiger partial charge in [0.05, 0.1) is 11.4 Å². The molecule has 0 aromatic carbocycles. The quantitative estimate of drug-likeness (QED) is 0.824. The molecule has 2 heterocycles. The summed E-state index contributed by atoms with van der Waals surface area (Å²) in [5, 5.41) is 13.6. The molecule has 0 bridgehead atoms. The fraction of sp³-hybridized carbons (Fsp3) is 0.750. The summed E-state index contributed by atoms with van der Waals surface area (Å²) in [5.41, 5.74) is 7.81. The number of aromatic nitrogens is 2. The lowest BCUT2D eigenvalue weighted by Crippen LogP contribution is -2.36. The van der Waals surface area contributed by atoms with Crippen molar-refractivity contribution in [2.24, 2.45) is 5.92 Å². The third-order valence-electron chi connectivity index (χ3n) is 3.62. The van der Waals surface area contributed by atoms with Gasteiger partial charge in [-0.3, -0.25) is 0 Å². The molecule has 5 nitrogen and oxygen atoms in total. The maximum absolute atomic E-state index is 9.15. The molecule has 2 rings (SSSR count). The molecular formula is C12H22N4O. The van der Waals surface area contributed by atoms with Crippen molar-refractivity contribution in [3.63, 3.8) is 0 Å². The van der Waals surface area contributed by atoms with Crippen LogP contribution in [0.25, 0.3) is 0 Å². The number of hydrogen-bond acceptors (Lipinski definition) is 4. The molecule has 0 radical (unpaired) electrons. The molecular weight excluding hydrogens is 216 g/mol. The largest absolute Gasteiger partial charge is 0.396 e. The lowest BCUT2D eigenvalue weighted by molar-refractivity contribution is 0.202. The molecule has 1 aliphatic rings. The number of nitrogens with two attached hydrogens (primary N) is 1. The number of nitrogen functional groups attached to an aromatic ring is 1. The highest BCUT2D eigenvalue weighted by Crippen LogP contribution is 2.30. The maximum atomic E-state index is 9.15. The van der Waals surface area contributed by atoms with Crippen LogP contribution in [0, 0.1) is 12.8 Å². The highest BCUT2D eigenvalue weighted by molar-refractivity contribution is 5.66. The smallest absolute Gasteiger partial charge is 0.150 e. The fourth-order valence-corrected chi connectivity index (χ4v) is 2.46. The minimum atomic E-state index is 0.301. The standard InChI is InChI=1S/C12H22N4O/c1-3-16-12(11(13)9(2)14-16)15-6-4-10(8-17)5-7-15/h10,17H,3-8,13H2,1-2H3. The van der Waals surface area contributed by atoms with E-state index in [2.05, 4.69) is 16.9 Å². The zero-order valence-corrected chi connectivity index (χ0v) is 10.7. The molecule has 0 saturated carbocycles. The van der Waals surface area contributed by atoms with E-state index in [0.717, 1.165) is 49.7 Å². The second-order valence-electron chi connectivity index (χ2n) is 4.75. The summed E-state index contributed by atoms with van der Waals surface area (Å²) < 4.78 is 1.98. The van der Waals surface area contributed by atoms with Crippen molar-refractivity contribution in [2.75, 3.05) is 30.3 Å². The van der Waals surface area contributed by atoms with E-state index in [1.165, 1.54) is 0 Å². The fourth-order valence-electron chi connectivity index (χ4n) is 2.46. The molecule has 1 aromatic rings. The van der Waals surface area contributed by atoms with E-state index in [4.69, 9.17) is 10.8 Å². The van der Waals surface area contributed by atoms with Gasteiger partial charge in [0.15, 0.2) is 5.82 Å². The minimum absolute atomic E-state index is 0.301. The van der Waals surface area contributed by atoms with Gasteiger partial charge in [0, 0.05) is 26.2 Å². The van der Waals surface area contributed by atoms with Gasteiger partial charge in [-0.2, -0.15) is 5.10 Å². The summed E-state index contributed by atoms with van der Waals surface area (Å²) in [6.07, 6.45) is 2.06. The Labute approximate surface area is 102 Å². The molecule has 1 aromatic heterocycles. The van der Waals surface area contributed by atoms with Gasteiger partial charge in [-0.05, 0) is 32.6 Å². The number of aryl methyl sites for hydroxylation is 2. The molecule has 1 fully saturated rings. The summed E-state index contributed by atoms with van der Waals surface area (Å²) >= 11 is 0. The zero-order valence-electron chi connectivity index (χ0n) is 10.7. The number of anilines is 2. The van der Waals surface area contributed by atoms with Crippen molar-refractivity contribution in [3.05, 3.63) is 5.69 Å². The molecule has 1 aliphatic heterocycles. The Bertz CT molecular complexity index is 380. The molecule has 0 amide bonds. The number of hydrogen-bond donors (Lipinski definition) is 2. The van der Waals surface area contributed by atoms with Gasteiger partial charge in [-0.1, -0.05) is 0 Å². The van der Waals surface area contributed by atoms with E-state index in [1.54, 1.807) is 0 Å². The second-order valence-corrected chi connectivity index (χ2v) is 4.75. The van der Waals surface area contributed by atoms with Crippen LogP contribution in [-0.4, -0.2) is 34.6 Å². The Morgan fingerprint density at radius 2 is 2.06 bits per heavy atom. The van der Waals surface area contributed by atoms with Gasteiger partial charge < -0.3 is 15.7 Å². The van der Waals surface area contributed by atoms with Gasteiger partial charge in [-0.15, -0.1) is 0 Å². The van der Waals surface area contributed by atoms with Crippen LogP contribution in [0.5, 0.6) is 0 Å². The van der Waals surface area contributed by atoms with Crippen molar-refractivity contribution in [3.8, 4) is 0 Å². The normalized spacial score (nSPS) is 17.7. The summed E-state index contributed by atoms with van der Waals surface area (Å²) in [7, 11) is 0. The first-order chi connectivity index (χ1) is 8.17. The summed E-state index contributed by atoms with van der Waals surface area (Å²) in [6, 6.07) is 0. The van der Waals surface area contributed by atoms with Crippen molar-refractivity contribution in [2.45, 2.75) is 33.2 Å². The summed E-state index contributed by atoms with van der Waals surface area (Å²) in [5.74, 6) is 1.51. The van der Waals surface area contributed by atoms with Gasteiger partial charge in [-0.25, -0.2) is 4.68 Å². The third kappa shape index (κ3) is 2.24. The number of aliphatic hydroxyl groups excluding tert-OH is 1. The number of nitrogens with zero attached hydrogens (tertiary/aromatic N) is 3. The van der Waals surface area contributed by atoms with Crippen LogP contribution in [0.2, 0.25) is 0 Å². The first-order valence-corrected chi connectivity index (χ1v) is 6.36. The van der Waals surface area contributed by atoms with E-state index in [1.807, 2.05) is 11.6 Å². The highest BCUT2D eigenvalue weighted by atomic mass is 16.3. The molecule has 0 atom stereocenters. The summed E-state index contributed by atoms with van der Waals surface area (Å²) in [4.78, 5) is 2.30. The van der Waals surface area contributed by atoms with E-state index in [0.29, 0.717) is 12.5 Å². The van der Waals surface area contributed by atoms with Crippen molar-refractivity contribution >= 4 is 11.5 Å². The van der Waals surface area contributed by atoms with E-state index >= 15 is 0 Å². The second kappa shape index (κ2) is 4.96. The van der Waals surface area contributed by atoms with E-state index in [9.17, 15) is 0 Å². The van der Waals surface area contributed by atoms with Crippen molar-refractivity contribution < 1.29 is 5.11 Å². The van der Waals surface area contributed by atoms with Crippen LogP contribution in [0.1, 0.15) is 25.5 Å². The van der Waals surface area contributed by atoms with Crippen LogP contribution >= 0.6 is 0 Å². The van der Waals surface area contributed by atoms with E-state index in [-0.39, 0.29) is 0 Å². The lowest BCUT2D eigenvalue weighted by Gasteiger charge is -2.33. The van der Waals surface area contributed by atoms with Crippen LogP contribution in [0.15, 0.2) is 0 Å². The Kier molecular flexibility index (Phi) is 3.57. The predicted molar refractivity (Wildman–Crippen MR) is 69.1 cm³/mol. The van der Waals surface area contributed by atoms with Crippen LogP contribution in [0.3, 0.4) is 0 Å². The Hall–Kier alpha value is -1.23. The van der Waals surface area contributed by atoms with Crippen molar-refractivity contribution in [1.29, 1.82) is 0 Å². The molecule has 0 unspecified atom stereocenters. The molecule has 1 saturated heterocycles. The average molecular weight is 238 g/mol. The van der Waals surface area contributed by atoms with Gasteiger partial charge in [0.2, 0.25) is 0 Å². The molecule has 0 aliphatic carbocycles. The summed E-state index contributed by atoms with van der Waals surface area (Å²) in [6.45, 7) is 7.09. The molecule has 3 N–H and O–H groups in total. The topological polar surface area (TPSA) is 67.3 Å². The Morgan fingerprint density at radius 3 is 2.59 bits per heavy atom. The number of rotatable bonds is 3. The van der Waals surface area contributed by atoms with E-state index < -0.39 is 0 Å². The molecule has 0 spiro atoms. The number of piperidine rings is 1. The van der Waals surface area contributed by atoms with Crippen LogP contribution in [-0.2, 0) is 6.54 Å². The molecule has 96 valence electrons. The molecule has 5 heteroatoms. The van der Waals surface area contributed by atoms with Crippen LogP contribution in [0.4, 0.5) is 11.5 Å². The Morgan fingerprint density at radius 1 is 1.41 bits per heavy atom. The predicted octanol–water partition coefficient (Wildman–Crippen LogP) is 1.00. The highest BCUT2D eigenvalue weighted by Gasteiger charge is 2.23. The Balaban J connectivity index is 2.17. The average Bonchev–Trinajstić information content (AvgIpc) is 2.65. The first-order valence-electron chi connectivity index (χ1n) is 6.36. The zero-order chi connectivity index (χ0) is 12.4. The first kappa shape index (κ1) is 12.2. The third-order valence-corrected chi connectivity index (χ3v) is 3.62. The monoisotopic (exact) mass is 238 g/mol. The number of aliphatic hydroxyl groups is 1. The van der Waals surface area contributed by atoms with Gasteiger partial charge in [0.1, 0.15) is 0 Å². The lowest BCUT2D eigenvalue weighted by atomic mass is 9.98. The SMILES string of the molecule is CCn1nc(C)c(N)c1N1CCC(CO)CC1. The van der Waals surface area contributed by atoms with Crippen molar-refractivity contribution in [1.82, 2.24) is 9.78 Å². The minimum Gasteiger partial charge on any atom is -0.396 e. The van der Waals surface area contributed by atoms with Crippen LogP contribution < -0.4 is 10.6 Å². The van der Waals surface area contributed by atoms with Gasteiger partial charge >= 0.3 is 0 Å². The molecule has 17 heavy (non-hydrogen) atoms.